The average Bonchev–Trinajstić information content (AvgIpc) is 3.57. The Bertz CT molecular complexity index is 1340. The molecule has 0 aliphatic carbocycles. The van der Waals surface area contributed by atoms with Crippen LogP contribution >= 0.6 is 0 Å². The van der Waals surface area contributed by atoms with Gasteiger partial charge in [-0.2, -0.15) is 10.1 Å². The van der Waals surface area contributed by atoms with Crippen LogP contribution < -0.4 is 14.4 Å². The van der Waals surface area contributed by atoms with Crippen LogP contribution in [0.25, 0.3) is 11.4 Å². The summed E-state index contributed by atoms with van der Waals surface area (Å²) in [6.07, 6.45) is 0. The molecule has 33 heavy (non-hydrogen) atoms. The highest BCUT2D eigenvalue weighted by molar-refractivity contribution is 6.25. The fraction of sp³-hybridized carbons (Fsp3) is 0.238. The normalized spacial score (nSPS) is 20.8. The van der Waals surface area contributed by atoms with Crippen molar-refractivity contribution in [2.45, 2.75) is 25.6 Å². The average molecular weight is 450 g/mol. The summed E-state index contributed by atoms with van der Waals surface area (Å²) >= 11 is 0. The van der Waals surface area contributed by atoms with Gasteiger partial charge >= 0.3 is 0 Å². The second-order valence-electron chi connectivity index (χ2n) is 7.72. The number of fused-ring (bicyclic) bond motifs is 2. The number of aryl methyl sites for hydroxylation is 1. The van der Waals surface area contributed by atoms with E-state index in [1.165, 1.54) is 17.1 Å². The van der Waals surface area contributed by atoms with Crippen LogP contribution in [-0.4, -0.2) is 45.8 Å². The molecule has 0 saturated carbocycles. The Morgan fingerprint density at radius 1 is 1.09 bits per heavy atom. The monoisotopic (exact) mass is 450 g/mol. The molecule has 0 bridgehead atoms. The summed E-state index contributed by atoms with van der Waals surface area (Å²) in [6, 6.07) is 7.45. The molecule has 11 nitrogen and oxygen atoms in total. The molecule has 3 aromatic rings. The van der Waals surface area contributed by atoms with Crippen molar-refractivity contribution in [2.75, 3.05) is 11.7 Å². The zero-order valence-electron chi connectivity index (χ0n) is 17.1. The van der Waals surface area contributed by atoms with Crippen molar-refractivity contribution >= 4 is 17.5 Å². The fourth-order valence-corrected chi connectivity index (χ4v) is 3.94. The van der Waals surface area contributed by atoms with Gasteiger partial charge < -0.3 is 14.0 Å². The lowest BCUT2D eigenvalue weighted by atomic mass is 10.1. The number of hydrogen-bond donors (Lipinski definition) is 0. The molecule has 0 spiro atoms. The molecular weight excluding hydrogens is 435 g/mol. The van der Waals surface area contributed by atoms with Gasteiger partial charge in [0.05, 0.1) is 5.69 Å². The number of aromatic nitrogens is 2. The minimum atomic E-state index is -1.02. The Kier molecular flexibility index (Phi) is 4.15. The van der Waals surface area contributed by atoms with E-state index in [9.17, 15) is 14.0 Å². The van der Waals surface area contributed by atoms with E-state index in [0.717, 1.165) is 11.0 Å². The number of halogens is 1. The molecule has 1 fully saturated rings. The third kappa shape index (κ3) is 3.02. The van der Waals surface area contributed by atoms with Crippen molar-refractivity contribution in [3.05, 3.63) is 53.7 Å². The maximum Gasteiger partial charge on any atom is 0.263 e. The predicted octanol–water partition coefficient (Wildman–Crippen LogP) is 2.41. The summed E-state index contributed by atoms with van der Waals surface area (Å²) < 4.78 is 30.0. The number of ether oxygens (including phenoxy) is 2. The van der Waals surface area contributed by atoms with Crippen LogP contribution in [0.4, 0.5) is 10.1 Å². The number of benzene rings is 2. The third-order valence-corrected chi connectivity index (χ3v) is 5.67. The van der Waals surface area contributed by atoms with Crippen molar-refractivity contribution in [3.63, 3.8) is 0 Å². The molecule has 6 rings (SSSR count). The molecule has 1 aromatic heterocycles. The van der Waals surface area contributed by atoms with Crippen molar-refractivity contribution < 1.29 is 28.0 Å². The fourth-order valence-electron chi connectivity index (χ4n) is 3.94. The molecule has 0 radical (unpaired) electrons. The van der Waals surface area contributed by atoms with Crippen LogP contribution in [0.3, 0.4) is 0 Å². The Morgan fingerprint density at radius 2 is 1.94 bits per heavy atom. The second-order valence-corrected chi connectivity index (χ2v) is 7.72. The van der Waals surface area contributed by atoms with Crippen LogP contribution in [0.1, 0.15) is 11.5 Å². The number of anilines is 1. The predicted molar refractivity (Wildman–Crippen MR) is 107 cm³/mol. The zero-order chi connectivity index (χ0) is 22.7. The van der Waals surface area contributed by atoms with E-state index in [1.54, 1.807) is 25.1 Å². The second kappa shape index (κ2) is 7.08. The molecule has 2 amide bonds. The first kappa shape index (κ1) is 19.3. The summed E-state index contributed by atoms with van der Waals surface area (Å²) in [7, 11) is 0. The van der Waals surface area contributed by atoms with Crippen LogP contribution in [0.5, 0.6) is 11.5 Å². The first-order chi connectivity index (χ1) is 16.0. The number of carbonyl (C=O) groups excluding carboxylic acids is 2. The molecule has 1 saturated heterocycles. The van der Waals surface area contributed by atoms with Crippen molar-refractivity contribution in [3.8, 4) is 22.9 Å². The lowest BCUT2D eigenvalue weighted by molar-refractivity contribution is -0.123. The molecule has 0 unspecified atom stereocenters. The summed E-state index contributed by atoms with van der Waals surface area (Å²) in [4.78, 5) is 31.1. The molecular formula is C21H15FN6O5. The largest absolute Gasteiger partial charge is 0.454 e. The van der Waals surface area contributed by atoms with Crippen LogP contribution in [0.2, 0.25) is 0 Å². The molecule has 166 valence electrons. The SMILES string of the molecule is Cc1ccc(N2C(=O)[C@@H]3[C@@H](N=NN3Cc3nc(-c4ccc5c(c4)OCO5)no3)C2=O)cc1F. The Labute approximate surface area is 185 Å². The number of carbonyl (C=O) groups is 2. The molecule has 2 atom stereocenters. The summed E-state index contributed by atoms with van der Waals surface area (Å²) in [5.74, 6) is 0.0976. The number of amides is 2. The molecule has 4 heterocycles. The highest BCUT2D eigenvalue weighted by Crippen LogP contribution is 2.36. The smallest absolute Gasteiger partial charge is 0.263 e. The van der Waals surface area contributed by atoms with Crippen LogP contribution in [0.15, 0.2) is 51.3 Å². The van der Waals surface area contributed by atoms with E-state index in [0.29, 0.717) is 28.5 Å². The van der Waals surface area contributed by atoms with E-state index in [-0.39, 0.29) is 24.9 Å². The summed E-state index contributed by atoms with van der Waals surface area (Å²) in [6.45, 7) is 1.72. The van der Waals surface area contributed by atoms with Crippen LogP contribution in [-0.2, 0) is 16.1 Å². The Hall–Kier alpha value is -4.35. The van der Waals surface area contributed by atoms with Gasteiger partial charge in [0.25, 0.3) is 11.8 Å². The molecule has 3 aliphatic rings. The summed E-state index contributed by atoms with van der Waals surface area (Å²) in [5.41, 5.74) is 1.23. The van der Waals surface area contributed by atoms with Gasteiger partial charge in [-0.15, -0.1) is 0 Å². The van der Waals surface area contributed by atoms with Crippen LogP contribution in [0, 0.1) is 12.7 Å². The number of nitrogens with zero attached hydrogens (tertiary/aromatic N) is 6. The van der Waals surface area contributed by atoms with Gasteiger partial charge in [0.1, 0.15) is 12.4 Å². The number of rotatable bonds is 4. The first-order valence-electron chi connectivity index (χ1n) is 10.0. The van der Waals surface area contributed by atoms with E-state index >= 15 is 0 Å². The van der Waals surface area contributed by atoms with Crippen molar-refractivity contribution in [2.24, 2.45) is 10.3 Å². The minimum Gasteiger partial charge on any atom is -0.454 e. The van der Waals surface area contributed by atoms with E-state index < -0.39 is 29.7 Å². The molecule has 2 aromatic carbocycles. The quantitative estimate of drug-likeness (QED) is 0.556. The zero-order valence-corrected chi connectivity index (χ0v) is 17.1. The highest BCUT2D eigenvalue weighted by Gasteiger charge is 2.55. The van der Waals surface area contributed by atoms with Gasteiger partial charge in [0.2, 0.25) is 18.5 Å². The van der Waals surface area contributed by atoms with E-state index in [1.807, 2.05) is 0 Å². The maximum absolute atomic E-state index is 14.0. The minimum absolute atomic E-state index is 0.0304. The van der Waals surface area contributed by atoms with E-state index in [4.69, 9.17) is 14.0 Å². The van der Waals surface area contributed by atoms with Gasteiger partial charge in [0, 0.05) is 5.56 Å². The van der Waals surface area contributed by atoms with E-state index in [2.05, 4.69) is 20.5 Å². The van der Waals surface area contributed by atoms with Crippen molar-refractivity contribution in [1.29, 1.82) is 0 Å². The van der Waals surface area contributed by atoms with Crippen molar-refractivity contribution in [1.82, 2.24) is 15.1 Å². The lowest BCUT2D eigenvalue weighted by Gasteiger charge is -2.19. The Morgan fingerprint density at radius 3 is 2.79 bits per heavy atom. The molecule has 3 aliphatic heterocycles. The topological polar surface area (TPSA) is 123 Å². The first-order valence-corrected chi connectivity index (χ1v) is 10.0. The van der Waals surface area contributed by atoms with Gasteiger partial charge in [-0.1, -0.05) is 16.4 Å². The lowest BCUT2D eigenvalue weighted by Crippen LogP contribution is -2.39. The highest BCUT2D eigenvalue weighted by atomic mass is 19.1. The van der Waals surface area contributed by atoms with Gasteiger partial charge in [-0.3, -0.25) is 14.6 Å². The third-order valence-electron chi connectivity index (χ3n) is 5.67. The molecule has 12 heteroatoms. The number of hydrogen-bond acceptors (Lipinski definition) is 10. The molecule has 0 N–H and O–H groups in total. The standard InChI is InChI=1S/C21H15FN6O5/c1-10-2-4-12(7-13(10)22)28-20(29)17-18(21(28)30)27(26-24-17)8-16-23-19(25-33-16)11-3-5-14-15(6-11)32-9-31-14/h2-7,17-18H,8-9H2,1H3/t17-,18+/m1/s1. The Balaban J connectivity index is 1.22. The maximum atomic E-state index is 14.0. The summed E-state index contributed by atoms with van der Waals surface area (Å²) in [5, 5.41) is 13.2. The van der Waals surface area contributed by atoms with Gasteiger partial charge in [-0.25, -0.2) is 9.29 Å². The van der Waals surface area contributed by atoms with Gasteiger partial charge in [0.15, 0.2) is 23.6 Å². The number of imide groups is 1. The van der Waals surface area contributed by atoms with Gasteiger partial charge in [-0.05, 0) is 42.8 Å².